The maximum atomic E-state index is 4.25. The molecule has 2 aromatic heterocycles. The minimum absolute atomic E-state index is 0.573. The molecule has 0 bridgehead atoms. The summed E-state index contributed by atoms with van der Waals surface area (Å²) in [6.45, 7) is 9.46. The van der Waals surface area contributed by atoms with Crippen molar-refractivity contribution in [3.8, 4) is 0 Å². The molecular weight excluding hydrogens is 314 g/mol. The first-order valence-corrected chi connectivity index (χ1v) is 9.91. The van der Waals surface area contributed by atoms with Gasteiger partial charge in [0.15, 0.2) is 0 Å². The van der Waals surface area contributed by atoms with Gasteiger partial charge in [0.1, 0.15) is 0 Å². The predicted molar refractivity (Wildman–Crippen MR) is 100 cm³/mol. The van der Waals surface area contributed by atoms with Gasteiger partial charge in [0.2, 0.25) is 0 Å². The average Bonchev–Trinajstić information content (AvgIpc) is 3.18. The number of pyridine rings is 1. The summed E-state index contributed by atoms with van der Waals surface area (Å²) in [5.41, 5.74) is 1.92. The van der Waals surface area contributed by atoms with Crippen LogP contribution in [0.2, 0.25) is 0 Å². The van der Waals surface area contributed by atoms with Crippen molar-refractivity contribution in [2.75, 3.05) is 26.2 Å². The molecule has 1 spiro atoms. The highest BCUT2D eigenvalue weighted by Gasteiger charge is 2.40. The molecule has 128 valence electrons. The maximum Gasteiger partial charge on any atom is 0.0328 e. The molecule has 0 N–H and O–H groups in total. The van der Waals surface area contributed by atoms with Crippen molar-refractivity contribution in [3.05, 3.63) is 52.0 Å². The Labute approximate surface area is 149 Å². The fourth-order valence-corrected chi connectivity index (χ4v) is 5.23. The zero-order valence-corrected chi connectivity index (χ0v) is 15.4. The summed E-state index contributed by atoms with van der Waals surface area (Å²) < 4.78 is 0. The van der Waals surface area contributed by atoms with Gasteiger partial charge in [-0.1, -0.05) is 6.07 Å². The van der Waals surface area contributed by atoms with Crippen LogP contribution in [-0.2, 0) is 13.1 Å². The smallest absolute Gasteiger partial charge is 0.0328 e. The molecular formula is C20H27N3S. The second-order valence-corrected chi connectivity index (χ2v) is 8.98. The summed E-state index contributed by atoms with van der Waals surface area (Å²) in [7, 11) is 0. The number of aromatic nitrogens is 1. The number of likely N-dealkylation sites (tertiary alicyclic amines) is 2. The third-order valence-electron chi connectivity index (χ3n) is 5.74. The summed E-state index contributed by atoms with van der Waals surface area (Å²) in [5.74, 6) is 0. The van der Waals surface area contributed by atoms with Gasteiger partial charge in [-0.05, 0) is 75.0 Å². The minimum Gasteiger partial charge on any atom is -0.298 e. The van der Waals surface area contributed by atoms with Crippen molar-refractivity contribution in [3.63, 3.8) is 0 Å². The van der Waals surface area contributed by atoms with E-state index in [0.29, 0.717) is 5.41 Å². The van der Waals surface area contributed by atoms with E-state index < -0.39 is 0 Å². The van der Waals surface area contributed by atoms with Crippen LogP contribution in [0.25, 0.3) is 0 Å². The van der Waals surface area contributed by atoms with Gasteiger partial charge in [-0.15, -0.1) is 11.3 Å². The Kier molecular flexibility index (Phi) is 4.70. The minimum atomic E-state index is 0.573. The maximum absolute atomic E-state index is 4.25. The average molecular weight is 342 g/mol. The highest BCUT2D eigenvalue weighted by Crippen LogP contribution is 2.41. The summed E-state index contributed by atoms with van der Waals surface area (Å²) in [4.78, 5) is 12.5. The van der Waals surface area contributed by atoms with Gasteiger partial charge >= 0.3 is 0 Å². The molecule has 0 aliphatic carbocycles. The predicted octanol–water partition coefficient (Wildman–Crippen LogP) is 3.94. The van der Waals surface area contributed by atoms with Crippen molar-refractivity contribution in [2.24, 2.45) is 5.41 Å². The van der Waals surface area contributed by atoms with Crippen molar-refractivity contribution >= 4 is 11.3 Å². The fraction of sp³-hybridized carbons (Fsp3) is 0.550. The normalized spacial score (nSPS) is 21.5. The van der Waals surface area contributed by atoms with Crippen LogP contribution < -0.4 is 0 Å². The fourth-order valence-electron chi connectivity index (χ4n) is 4.30. The Bertz CT molecular complexity index is 659. The van der Waals surface area contributed by atoms with Gasteiger partial charge in [-0.2, -0.15) is 0 Å². The van der Waals surface area contributed by atoms with Crippen LogP contribution >= 0.6 is 11.3 Å². The molecule has 4 rings (SSSR count). The number of aryl methyl sites for hydroxylation is 1. The van der Waals surface area contributed by atoms with Crippen molar-refractivity contribution in [2.45, 2.75) is 39.3 Å². The second kappa shape index (κ2) is 6.95. The summed E-state index contributed by atoms with van der Waals surface area (Å²) in [6, 6.07) is 8.80. The first-order chi connectivity index (χ1) is 11.7. The van der Waals surface area contributed by atoms with Gasteiger partial charge in [0, 0.05) is 41.8 Å². The molecule has 0 saturated carbocycles. The number of piperidine rings is 1. The lowest BCUT2D eigenvalue weighted by Crippen LogP contribution is -2.41. The van der Waals surface area contributed by atoms with Crippen LogP contribution in [0.5, 0.6) is 0 Å². The first kappa shape index (κ1) is 16.2. The van der Waals surface area contributed by atoms with E-state index in [0.717, 1.165) is 13.1 Å². The monoisotopic (exact) mass is 341 g/mol. The third kappa shape index (κ3) is 3.71. The molecule has 2 aliphatic heterocycles. The van der Waals surface area contributed by atoms with E-state index in [9.17, 15) is 0 Å². The van der Waals surface area contributed by atoms with E-state index in [1.807, 2.05) is 29.8 Å². The van der Waals surface area contributed by atoms with E-state index in [1.165, 1.54) is 60.8 Å². The molecule has 3 nitrogen and oxygen atoms in total. The molecule has 24 heavy (non-hydrogen) atoms. The lowest BCUT2D eigenvalue weighted by molar-refractivity contribution is 0.103. The van der Waals surface area contributed by atoms with Crippen LogP contribution in [0.3, 0.4) is 0 Å². The molecule has 0 unspecified atom stereocenters. The highest BCUT2D eigenvalue weighted by atomic mass is 32.1. The van der Waals surface area contributed by atoms with E-state index in [2.05, 4.69) is 39.9 Å². The van der Waals surface area contributed by atoms with E-state index in [-0.39, 0.29) is 0 Å². The summed E-state index contributed by atoms with van der Waals surface area (Å²) in [6.07, 6.45) is 7.97. The second-order valence-electron chi connectivity index (χ2n) is 7.61. The molecule has 0 atom stereocenters. The number of nitrogens with zero attached hydrogens (tertiary/aromatic N) is 3. The molecule has 2 aromatic rings. The third-order valence-corrected chi connectivity index (χ3v) is 6.72. The van der Waals surface area contributed by atoms with Gasteiger partial charge in [0.25, 0.3) is 0 Å². The molecule has 2 aliphatic rings. The zero-order chi connectivity index (χ0) is 16.4. The molecule has 2 saturated heterocycles. The molecule has 0 radical (unpaired) electrons. The van der Waals surface area contributed by atoms with Crippen molar-refractivity contribution in [1.82, 2.24) is 14.8 Å². The highest BCUT2D eigenvalue weighted by molar-refractivity contribution is 7.11. The van der Waals surface area contributed by atoms with Crippen LogP contribution in [0.4, 0.5) is 0 Å². The summed E-state index contributed by atoms with van der Waals surface area (Å²) >= 11 is 1.95. The lowest BCUT2D eigenvalue weighted by atomic mass is 9.78. The van der Waals surface area contributed by atoms with Crippen LogP contribution in [0, 0.1) is 12.3 Å². The molecule has 4 heterocycles. The quantitative estimate of drug-likeness (QED) is 0.840. The van der Waals surface area contributed by atoms with Crippen molar-refractivity contribution < 1.29 is 0 Å². The van der Waals surface area contributed by atoms with Crippen LogP contribution in [-0.4, -0.2) is 41.0 Å². The molecule has 4 heteroatoms. The Hall–Kier alpha value is -1.23. The molecule has 0 amide bonds. The van der Waals surface area contributed by atoms with E-state index in [1.54, 1.807) is 0 Å². The Morgan fingerprint density at radius 3 is 2.50 bits per heavy atom. The van der Waals surface area contributed by atoms with E-state index in [4.69, 9.17) is 0 Å². The number of hydrogen-bond donors (Lipinski definition) is 0. The van der Waals surface area contributed by atoms with Crippen LogP contribution in [0.15, 0.2) is 36.7 Å². The summed E-state index contributed by atoms with van der Waals surface area (Å²) in [5, 5.41) is 0. The van der Waals surface area contributed by atoms with Crippen LogP contribution in [0.1, 0.15) is 34.6 Å². The first-order valence-electron chi connectivity index (χ1n) is 9.10. The standard InChI is InChI=1S/C20H27N3S/c1-17-4-5-19(24-17)15-22-10-6-20(7-11-22)8-12-23(16-20)14-18-3-2-9-21-13-18/h2-5,9,13H,6-8,10-12,14-16H2,1H3. The molecule has 2 fully saturated rings. The van der Waals surface area contributed by atoms with Crippen molar-refractivity contribution in [1.29, 1.82) is 0 Å². The SMILES string of the molecule is Cc1ccc(CN2CCC3(CC2)CCN(Cc2cccnc2)C3)s1. The Balaban J connectivity index is 1.29. The van der Waals surface area contributed by atoms with Gasteiger partial charge in [-0.25, -0.2) is 0 Å². The number of thiophene rings is 1. The largest absolute Gasteiger partial charge is 0.298 e. The number of rotatable bonds is 4. The van der Waals surface area contributed by atoms with Gasteiger partial charge in [0.05, 0.1) is 0 Å². The zero-order valence-electron chi connectivity index (χ0n) is 14.6. The Morgan fingerprint density at radius 1 is 1.04 bits per heavy atom. The number of hydrogen-bond acceptors (Lipinski definition) is 4. The topological polar surface area (TPSA) is 19.4 Å². The Morgan fingerprint density at radius 2 is 1.83 bits per heavy atom. The van der Waals surface area contributed by atoms with Gasteiger partial charge < -0.3 is 0 Å². The van der Waals surface area contributed by atoms with Gasteiger partial charge in [-0.3, -0.25) is 14.8 Å². The molecule has 0 aromatic carbocycles. The van der Waals surface area contributed by atoms with E-state index >= 15 is 0 Å². The lowest BCUT2D eigenvalue weighted by Gasteiger charge is -2.39.